The Bertz CT molecular complexity index is 628. The van der Waals surface area contributed by atoms with Crippen molar-refractivity contribution in [3.8, 4) is 6.07 Å². The first-order chi connectivity index (χ1) is 10.2. The van der Waals surface area contributed by atoms with Crippen LogP contribution < -0.4 is 10.6 Å². The fourth-order valence-corrected chi connectivity index (χ4v) is 1.86. The molecule has 0 radical (unpaired) electrons. The lowest BCUT2D eigenvalue weighted by atomic mass is 10.2. The Labute approximate surface area is 125 Å². The third-order valence-electron chi connectivity index (χ3n) is 2.95. The molecule has 0 spiro atoms. The maximum absolute atomic E-state index is 8.79. The third-order valence-corrected chi connectivity index (χ3v) is 2.95. The molecule has 2 rings (SSSR count). The zero-order valence-electron chi connectivity index (χ0n) is 12.3. The molecule has 0 unspecified atom stereocenters. The first kappa shape index (κ1) is 14.8. The standard InChI is InChI=1S/C16H19N5/c1-3-4-9-18-16-19-12(2)10-15(21-16)20-14-7-5-13(11-17)6-8-14/h5-8,10H,3-4,9H2,1-2H3,(H2,18,19,20,21). The number of nitriles is 1. The highest BCUT2D eigenvalue weighted by Gasteiger charge is 2.02. The van der Waals surface area contributed by atoms with Gasteiger partial charge in [-0.2, -0.15) is 10.2 Å². The van der Waals surface area contributed by atoms with Crippen LogP contribution in [0.5, 0.6) is 0 Å². The van der Waals surface area contributed by atoms with Gasteiger partial charge in [-0.3, -0.25) is 0 Å². The summed E-state index contributed by atoms with van der Waals surface area (Å²) in [6, 6.07) is 11.3. The summed E-state index contributed by atoms with van der Waals surface area (Å²) in [5, 5.41) is 15.2. The Morgan fingerprint density at radius 2 is 1.95 bits per heavy atom. The van der Waals surface area contributed by atoms with E-state index in [9.17, 15) is 0 Å². The van der Waals surface area contributed by atoms with Crippen molar-refractivity contribution in [3.63, 3.8) is 0 Å². The molecule has 2 N–H and O–H groups in total. The second-order valence-electron chi connectivity index (χ2n) is 4.81. The predicted molar refractivity (Wildman–Crippen MR) is 84.6 cm³/mol. The molecule has 21 heavy (non-hydrogen) atoms. The van der Waals surface area contributed by atoms with Crippen LogP contribution in [0.1, 0.15) is 31.0 Å². The molecule has 0 aliphatic rings. The van der Waals surface area contributed by atoms with Gasteiger partial charge < -0.3 is 10.6 Å². The zero-order valence-corrected chi connectivity index (χ0v) is 12.3. The lowest BCUT2D eigenvalue weighted by molar-refractivity contribution is 0.825. The van der Waals surface area contributed by atoms with Crippen molar-refractivity contribution in [3.05, 3.63) is 41.6 Å². The van der Waals surface area contributed by atoms with Crippen molar-refractivity contribution in [2.75, 3.05) is 17.2 Å². The molecule has 0 bridgehead atoms. The lowest BCUT2D eigenvalue weighted by Gasteiger charge is -2.09. The Kier molecular flexibility index (Phi) is 5.10. The minimum Gasteiger partial charge on any atom is -0.354 e. The van der Waals surface area contributed by atoms with Gasteiger partial charge in [0.2, 0.25) is 5.95 Å². The van der Waals surface area contributed by atoms with E-state index in [0.717, 1.165) is 36.6 Å². The molecule has 0 amide bonds. The van der Waals surface area contributed by atoms with Gasteiger partial charge in [0, 0.05) is 24.0 Å². The molecule has 0 aliphatic carbocycles. The molecule has 0 saturated carbocycles. The number of nitrogens with one attached hydrogen (secondary N) is 2. The second-order valence-corrected chi connectivity index (χ2v) is 4.81. The normalized spacial score (nSPS) is 9.95. The van der Waals surface area contributed by atoms with Crippen LogP contribution in [0.3, 0.4) is 0 Å². The van der Waals surface area contributed by atoms with Gasteiger partial charge in [-0.25, -0.2) is 4.98 Å². The summed E-state index contributed by atoms with van der Waals surface area (Å²) in [4.78, 5) is 8.81. The molecule has 1 aromatic heterocycles. The van der Waals surface area contributed by atoms with Gasteiger partial charge in [-0.1, -0.05) is 13.3 Å². The summed E-state index contributed by atoms with van der Waals surface area (Å²) in [5.41, 5.74) is 2.44. The molecule has 1 heterocycles. The van der Waals surface area contributed by atoms with E-state index in [0.29, 0.717) is 11.5 Å². The quantitative estimate of drug-likeness (QED) is 0.791. The van der Waals surface area contributed by atoms with E-state index in [-0.39, 0.29) is 0 Å². The number of aromatic nitrogens is 2. The van der Waals surface area contributed by atoms with Crippen molar-refractivity contribution >= 4 is 17.5 Å². The number of benzene rings is 1. The van der Waals surface area contributed by atoms with Crippen molar-refractivity contribution in [2.45, 2.75) is 26.7 Å². The van der Waals surface area contributed by atoms with Crippen LogP contribution in [0, 0.1) is 18.3 Å². The Balaban J connectivity index is 2.09. The van der Waals surface area contributed by atoms with Crippen LogP contribution in [0.4, 0.5) is 17.5 Å². The highest BCUT2D eigenvalue weighted by Crippen LogP contribution is 2.17. The molecule has 0 atom stereocenters. The van der Waals surface area contributed by atoms with Crippen LogP contribution in [0.25, 0.3) is 0 Å². The average Bonchev–Trinajstić information content (AvgIpc) is 2.48. The van der Waals surface area contributed by atoms with Crippen LogP contribution in [-0.4, -0.2) is 16.5 Å². The number of anilines is 3. The lowest BCUT2D eigenvalue weighted by Crippen LogP contribution is -2.07. The molecule has 5 heteroatoms. The Hall–Kier alpha value is -2.61. The molecule has 0 saturated heterocycles. The molecule has 2 aromatic rings. The number of rotatable bonds is 6. The van der Waals surface area contributed by atoms with E-state index < -0.39 is 0 Å². The van der Waals surface area contributed by atoms with Crippen molar-refractivity contribution < 1.29 is 0 Å². The highest BCUT2D eigenvalue weighted by atomic mass is 15.1. The van der Waals surface area contributed by atoms with Gasteiger partial charge in [-0.05, 0) is 37.6 Å². The topological polar surface area (TPSA) is 73.6 Å². The zero-order chi connectivity index (χ0) is 15.1. The van der Waals surface area contributed by atoms with Crippen molar-refractivity contribution in [2.24, 2.45) is 0 Å². The van der Waals surface area contributed by atoms with E-state index in [1.54, 1.807) is 12.1 Å². The highest BCUT2D eigenvalue weighted by molar-refractivity contribution is 5.58. The average molecular weight is 281 g/mol. The molecule has 0 fully saturated rings. The second kappa shape index (κ2) is 7.25. The van der Waals surface area contributed by atoms with Gasteiger partial charge in [0.1, 0.15) is 5.82 Å². The fourth-order valence-electron chi connectivity index (χ4n) is 1.86. The Morgan fingerprint density at radius 1 is 1.19 bits per heavy atom. The molecule has 5 nitrogen and oxygen atoms in total. The molecular formula is C16H19N5. The molecule has 108 valence electrons. The maximum Gasteiger partial charge on any atom is 0.224 e. The van der Waals surface area contributed by atoms with Gasteiger partial charge in [-0.15, -0.1) is 0 Å². The van der Waals surface area contributed by atoms with Crippen LogP contribution >= 0.6 is 0 Å². The van der Waals surface area contributed by atoms with Crippen LogP contribution in [0.15, 0.2) is 30.3 Å². The first-order valence-electron chi connectivity index (χ1n) is 7.08. The van der Waals surface area contributed by atoms with E-state index >= 15 is 0 Å². The SMILES string of the molecule is CCCCNc1nc(C)cc(Nc2ccc(C#N)cc2)n1. The third kappa shape index (κ3) is 4.46. The predicted octanol–water partition coefficient (Wildman–Crippen LogP) is 3.61. The monoisotopic (exact) mass is 281 g/mol. The summed E-state index contributed by atoms with van der Waals surface area (Å²) in [6.07, 6.45) is 2.23. The summed E-state index contributed by atoms with van der Waals surface area (Å²) in [6.45, 7) is 4.96. The number of unbranched alkanes of at least 4 members (excludes halogenated alkanes) is 1. The summed E-state index contributed by atoms with van der Waals surface area (Å²) < 4.78 is 0. The summed E-state index contributed by atoms with van der Waals surface area (Å²) in [7, 11) is 0. The largest absolute Gasteiger partial charge is 0.354 e. The first-order valence-corrected chi connectivity index (χ1v) is 7.08. The smallest absolute Gasteiger partial charge is 0.224 e. The van der Waals surface area contributed by atoms with E-state index in [2.05, 4.69) is 33.6 Å². The fraction of sp³-hybridized carbons (Fsp3) is 0.312. The van der Waals surface area contributed by atoms with Gasteiger partial charge in [0.05, 0.1) is 11.6 Å². The number of hydrogen-bond acceptors (Lipinski definition) is 5. The van der Waals surface area contributed by atoms with Crippen molar-refractivity contribution in [1.29, 1.82) is 5.26 Å². The Morgan fingerprint density at radius 3 is 2.62 bits per heavy atom. The van der Waals surface area contributed by atoms with Gasteiger partial charge in [0.15, 0.2) is 0 Å². The van der Waals surface area contributed by atoms with E-state index in [1.807, 2.05) is 25.1 Å². The summed E-state index contributed by atoms with van der Waals surface area (Å²) >= 11 is 0. The molecule has 0 aliphatic heterocycles. The summed E-state index contributed by atoms with van der Waals surface area (Å²) in [5.74, 6) is 1.38. The number of hydrogen-bond donors (Lipinski definition) is 2. The molecular weight excluding hydrogens is 262 g/mol. The van der Waals surface area contributed by atoms with E-state index in [1.165, 1.54) is 0 Å². The number of aryl methyl sites for hydroxylation is 1. The maximum atomic E-state index is 8.79. The minimum absolute atomic E-state index is 0.639. The van der Waals surface area contributed by atoms with E-state index in [4.69, 9.17) is 5.26 Å². The minimum atomic E-state index is 0.639. The van der Waals surface area contributed by atoms with Crippen molar-refractivity contribution in [1.82, 2.24) is 9.97 Å². The number of nitrogens with zero attached hydrogens (tertiary/aromatic N) is 3. The van der Waals surface area contributed by atoms with Crippen LogP contribution in [-0.2, 0) is 0 Å². The van der Waals surface area contributed by atoms with Gasteiger partial charge in [0.25, 0.3) is 0 Å². The molecule has 1 aromatic carbocycles. The van der Waals surface area contributed by atoms with Crippen LogP contribution in [0.2, 0.25) is 0 Å². The van der Waals surface area contributed by atoms with Gasteiger partial charge >= 0.3 is 0 Å².